The highest BCUT2D eigenvalue weighted by Crippen LogP contribution is 2.32. The molecule has 1 N–H and O–H groups in total. The molecule has 0 radical (unpaired) electrons. The quantitative estimate of drug-likeness (QED) is 0.880. The van der Waals surface area contributed by atoms with Gasteiger partial charge in [0, 0.05) is 0 Å². The van der Waals surface area contributed by atoms with Crippen LogP contribution in [0.1, 0.15) is 15.5 Å². The van der Waals surface area contributed by atoms with Gasteiger partial charge in [-0.15, -0.1) is 11.3 Å². The average Bonchev–Trinajstić information content (AvgIpc) is 2.82. The minimum Gasteiger partial charge on any atom is -0.479 e. The third-order valence-electron chi connectivity index (χ3n) is 1.86. The lowest BCUT2D eigenvalue weighted by Crippen LogP contribution is -1.98. The molecular weight excluding hydrogens is 232 g/mol. The average molecular weight is 240 g/mol. The van der Waals surface area contributed by atoms with Gasteiger partial charge >= 0.3 is 5.97 Å². The molecule has 0 amide bonds. The van der Waals surface area contributed by atoms with Gasteiger partial charge in [0.1, 0.15) is 4.88 Å². The number of carboxylic acids is 1. The largest absolute Gasteiger partial charge is 0.479 e. The minimum atomic E-state index is -1.09. The van der Waals surface area contributed by atoms with Gasteiger partial charge < -0.3 is 14.4 Å². The van der Waals surface area contributed by atoms with Gasteiger partial charge in [-0.3, -0.25) is 0 Å². The van der Waals surface area contributed by atoms with Gasteiger partial charge in [0.2, 0.25) is 0 Å². The van der Waals surface area contributed by atoms with Crippen molar-refractivity contribution in [1.82, 2.24) is 10.1 Å². The monoisotopic (exact) mass is 240 g/mol. The van der Waals surface area contributed by atoms with Gasteiger partial charge in [-0.05, 0) is 12.1 Å². The smallest absolute Gasteiger partial charge is 0.356 e. The van der Waals surface area contributed by atoms with Crippen molar-refractivity contribution >= 4 is 17.3 Å². The summed E-state index contributed by atoms with van der Waals surface area (Å²) in [6, 6.07) is 1.53. The van der Waals surface area contributed by atoms with E-state index in [0.29, 0.717) is 21.5 Å². The maximum absolute atomic E-state index is 10.9. The van der Waals surface area contributed by atoms with E-state index in [0.717, 1.165) is 0 Å². The van der Waals surface area contributed by atoms with E-state index in [2.05, 4.69) is 10.1 Å². The van der Waals surface area contributed by atoms with Crippen molar-refractivity contribution in [3.63, 3.8) is 0 Å². The maximum Gasteiger partial charge on any atom is 0.356 e. The first-order valence-electron chi connectivity index (χ1n) is 4.33. The van der Waals surface area contributed by atoms with Crippen LogP contribution in [0.4, 0.5) is 0 Å². The van der Waals surface area contributed by atoms with Crippen LogP contribution < -0.4 is 4.74 Å². The number of ether oxygens (including phenoxy) is 1. The zero-order valence-corrected chi connectivity index (χ0v) is 9.37. The highest BCUT2D eigenvalue weighted by atomic mass is 32.1. The fraction of sp³-hybridized carbons (Fsp3) is 0.222. The summed E-state index contributed by atoms with van der Waals surface area (Å²) in [4.78, 5) is 15.3. The molecule has 0 saturated carbocycles. The molecule has 0 saturated heterocycles. The molecular formula is C9H8N2O4S. The number of aromatic carboxylic acids is 1. The Hall–Kier alpha value is -1.89. The molecule has 0 spiro atoms. The van der Waals surface area contributed by atoms with Crippen molar-refractivity contribution in [2.24, 2.45) is 0 Å². The highest BCUT2D eigenvalue weighted by molar-refractivity contribution is 7.15. The lowest BCUT2D eigenvalue weighted by Gasteiger charge is -1.90. The molecule has 7 heteroatoms. The van der Waals surface area contributed by atoms with Crippen LogP contribution in [0.2, 0.25) is 0 Å². The number of nitrogens with zero attached hydrogens (tertiary/aromatic N) is 2. The Balaban J connectivity index is 2.50. The van der Waals surface area contributed by atoms with E-state index < -0.39 is 5.97 Å². The molecule has 2 rings (SSSR count). The van der Waals surface area contributed by atoms with Gasteiger partial charge in [-0.2, -0.15) is 0 Å². The molecule has 84 valence electrons. The molecule has 0 fully saturated rings. The number of methoxy groups -OCH3 is 1. The number of hydrogen-bond donors (Lipinski definition) is 1. The standard InChI is InChI=1S/C9H8N2O4S/c1-4-10-7(9(12)13)8(16-4)5-3-6(14-2)11-15-5/h3H,1-2H3,(H,12,13). The number of hydrogen-bond acceptors (Lipinski definition) is 6. The van der Waals surface area contributed by atoms with Crippen LogP contribution in [0, 0.1) is 6.92 Å². The van der Waals surface area contributed by atoms with Crippen LogP contribution in [0.5, 0.6) is 5.88 Å². The van der Waals surface area contributed by atoms with Crippen molar-refractivity contribution in [3.05, 3.63) is 16.8 Å². The Bertz CT molecular complexity index is 531. The molecule has 2 aromatic heterocycles. The summed E-state index contributed by atoms with van der Waals surface area (Å²) in [5, 5.41) is 13.2. The third-order valence-corrected chi connectivity index (χ3v) is 2.84. The zero-order valence-electron chi connectivity index (χ0n) is 8.55. The zero-order chi connectivity index (χ0) is 11.7. The summed E-state index contributed by atoms with van der Waals surface area (Å²) in [5.41, 5.74) is -0.0266. The molecule has 0 atom stereocenters. The van der Waals surface area contributed by atoms with Crippen molar-refractivity contribution in [3.8, 4) is 16.5 Å². The Morgan fingerprint density at radius 1 is 1.62 bits per heavy atom. The molecule has 0 aliphatic heterocycles. The van der Waals surface area contributed by atoms with E-state index in [1.165, 1.54) is 24.5 Å². The number of thiazole rings is 1. The third kappa shape index (κ3) is 1.76. The number of carboxylic acid groups (broad SMARTS) is 1. The van der Waals surface area contributed by atoms with Crippen LogP contribution in [0.15, 0.2) is 10.6 Å². The van der Waals surface area contributed by atoms with Gasteiger partial charge in [0.25, 0.3) is 5.88 Å². The SMILES string of the molecule is COc1cc(-c2sc(C)nc2C(=O)O)on1. The maximum atomic E-state index is 10.9. The fourth-order valence-corrected chi connectivity index (χ4v) is 2.06. The normalized spacial score (nSPS) is 10.4. The fourth-order valence-electron chi connectivity index (χ4n) is 1.20. The number of carbonyl (C=O) groups is 1. The van der Waals surface area contributed by atoms with Crippen molar-refractivity contribution < 1.29 is 19.2 Å². The molecule has 6 nitrogen and oxygen atoms in total. The molecule has 2 heterocycles. The van der Waals surface area contributed by atoms with Crippen LogP contribution >= 0.6 is 11.3 Å². The van der Waals surface area contributed by atoms with Crippen LogP contribution in [0.25, 0.3) is 10.6 Å². The molecule has 0 bridgehead atoms. The minimum absolute atomic E-state index is 0.0266. The Labute approximate surface area is 94.5 Å². The second-order valence-corrected chi connectivity index (χ2v) is 4.15. The van der Waals surface area contributed by atoms with Crippen LogP contribution in [0.3, 0.4) is 0 Å². The number of aromatic nitrogens is 2. The van der Waals surface area contributed by atoms with Gasteiger partial charge in [0.05, 0.1) is 18.2 Å². The number of rotatable bonds is 3. The summed E-state index contributed by atoms with van der Waals surface area (Å²) in [5.74, 6) is -0.438. The summed E-state index contributed by atoms with van der Waals surface area (Å²) in [6.07, 6.45) is 0. The van der Waals surface area contributed by atoms with Gasteiger partial charge in [0.15, 0.2) is 11.5 Å². The predicted molar refractivity (Wildman–Crippen MR) is 55.9 cm³/mol. The number of aryl methyl sites for hydroxylation is 1. The van der Waals surface area contributed by atoms with Gasteiger partial charge in [-0.1, -0.05) is 0 Å². The van der Waals surface area contributed by atoms with Crippen molar-refractivity contribution in [2.45, 2.75) is 6.92 Å². The Kier molecular flexibility index (Phi) is 2.61. The lowest BCUT2D eigenvalue weighted by atomic mass is 10.3. The summed E-state index contributed by atoms with van der Waals surface area (Å²) in [7, 11) is 1.46. The van der Waals surface area contributed by atoms with Crippen LogP contribution in [-0.2, 0) is 0 Å². The van der Waals surface area contributed by atoms with Gasteiger partial charge in [-0.25, -0.2) is 9.78 Å². The molecule has 0 aromatic carbocycles. The van der Waals surface area contributed by atoms with E-state index in [-0.39, 0.29) is 5.69 Å². The van der Waals surface area contributed by atoms with Crippen molar-refractivity contribution in [1.29, 1.82) is 0 Å². The molecule has 0 unspecified atom stereocenters. The second-order valence-electron chi connectivity index (χ2n) is 2.95. The first-order valence-corrected chi connectivity index (χ1v) is 5.15. The predicted octanol–water partition coefficient (Wildman–Crippen LogP) is 1.81. The lowest BCUT2D eigenvalue weighted by molar-refractivity contribution is 0.0691. The van der Waals surface area contributed by atoms with Crippen LogP contribution in [-0.4, -0.2) is 28.3 Å². The van der Waals surface area contributed by atoms with E-state index in [4.69, 9.17) is 14.4 Å². The molecule has 0 aliphatic carbocycles. The topological polar surface area (TPSA) is 85.5 Å². The Morgan fingerprint density at radius 2 is 2.38 bits per heavy atom. The summed E-state index contributed by atoms with van der Waals surface area (Å²) in [6.45, 7) is 1.73. The summed E-state index contributed by atoms with van der Waals surface area (Å²) >= 11 is 1.24. The highest BCUT2D eigenvalue weighted by Gasteiger charge is 2.20. The molecule has 2 aromatic rings. The Morgan fingerprint density at radius 3 is 2.94 bits per heavy atom. The van der Waals surface area contributed by atoms with E-state index in [9.17, 15) is 4.79 Å². The van der Waals surface area contributed by atoms with E-state index >= 15 is 0 Å². The van der Waals surface area contributed by atoms with Crippen molar-refractivity contribution in [2.75, 3.05) is 7.11 Å². The molecule has 16 heavy (non-hydrogen) atoms. The first kappa shape index (κ1) is 10.6. The summed E-state index contributed by atoms with van der Waals surface area (Å²) < 4.78 is 9.83. The van der Waals surface area contributed by atoms with E-state index in [1.807, 2.05) is 0 Å². The first-order chi connectivity index (χ1) is 7.61. The van der Waals surface area contributed by atoms with E-state index in [1.54, 1.807) is 6.92 Å². The second kappa shape index (κ2) is 3.93. The molecule has 0 aliphatic rings.